The van der Waals surface area contributed by atoms with Crippen molar-refractivity contribution in [2.24, 2.45) is 14.1 Å². The van der Waals surface area contributed by atoms with E-state index in [1.807, 2.05) is 88.9 Å². The van der Waals surface area contributed by atoms with Crippen molar-refractivity contribution in [1.82, 2.24) is 18.9 Å². The van der Waals surface area contributed by atoms with Crippen LogP contribution in [0.25, 0.3) is 32.9 Å². The van der Waals surface area contributed by atoms with E-state index in [4.69, 9.17) is 33.0 Å². The van der Waals surface area contributed by atoms with Gasteiger partial charge in [0.1, 0.15) is 11.4 Å². The molecule has 1 aliphatic rings. The molecule has 0 spiro atoms. The standard InChI is InChI=1S/C39H39Cl2N5O4/c1-20-16-25(17-21(2)35(20)41)50-15-9-10-26-27-13-14-29(40)34(32-23(4)42-44(7)24(32)5)36(27)46-22(3)18-45(38(47)37(26)46)31-12-8-11-30-33(31)28(39(48)49)19-43(30)6/h8,11-14,16-17,19,22H,9-10,15,18H2,1-7H3,(H,48,49)/t22-/m1/s1. The van der Waals surface area contributed by atoms with E-state index < -0.39 is 5.97 Å². The third kappa shape index (κ3) is 5.26. The smallest absolute Gasteiger partial charge is 0.337 e. The molecule has 0 unspecified atom stereocenters. The van der Waals surface area contributed by atoms with Gasteiger partial charge in [-0.25, -0.2) is 4.79 Å². The summed E-state index contributed by atoms with van der Waals surface area (Å²) in [4.78, 5) is 29.1. The number of hydrogen-bond donors (Lipinski definition) is 1. The van der Waals surface area contributed by atoms with Crippen LogP contribution < -0.4 is 9.64 Å². The van der Waals surface area contributed by atoms with Gasteiger partial charge >= 0.3 is 5.97 Å². The number of aromatic carboxylic acids is 1. The first-order valence-electron chi connectivity index (χ1n) is 16.7. The van der Waals surface area contributed by atoms with Crippen LogP contribution in [0.2, 0.25) is 10.0 Å². The highest BCUT2D eigenvalue weighted by Gasteiger charge is 2.38. The molecule has 1 amide bonds. The zero-order valence-electron chi connectivity index (χ0n) is 29.2. The number of carbonyl (C=O) groups excluding carboxylic acids is 1. The third-order valence-electron chi connectivity index (χ3n) is 10.1. The molecular formula is C39H39Cl2N5O4. The summed E-state index contributed by atoms with van der Waals surface area (Å²) < 4.78 is 12.0. The zero-order chi connectivity index (χ0) is 35.8. The summed E-state index contributed by atoms with van der Waals surface area (Å²) in [6.45, 7) is 10.8. The zero-order valence-corrected chi connectivity index (χ0v) is 30.7. The number of rotatable bonds is 8. The molecule has 0 fully saturated rings. The molecule has 4 heterocycles. The van der Waals surface area contributed by atoms with E-state index in [1.165, 1.54) is 0 Å². The fourth-order valence-electron chi connectivity index (χ4n) is 7.75. The van der Waals surface area contributed by atoms with E-state index in [-0.39, 0.29) is 17.5 Å². The van der Waals surface area contributed by atoms with Gasteiger partial charge in [0.15, 0.2) is 0 Å². The number of halogens is 2. The van der Waals surface area contributed by atoms with E-state index in [9.17, 15) is 14.7 Å². The number of ether oxygens (including phenoxy) is 1. The molecule has 0 bridgehead atoms. The Morgan fingerprint density at radius 1 is 1.04 bits per heavy atom. The van der Waals surface area contributed by atoms with Crippen molar-refractivity contribution < 1.29 is 19.4 Å². The molecule has 6 aromatic rings. The van der Waals surface area contributed by atoms with Gasteiger partial charge in [-0.3, -0.25) is 9.48 Å². The SMILES string of the molecule is Cc1cc(OCCCc2c3n(c4c(-c5c(C)nn(C)c5C)c(Cl)ccc24)[C@H](C)CN(c2cccc4c2c(C(=O)O)cn4C)C3=O)cc(C)c1Cl. The Morgan fingerprint density at radius 2 is 1.76 bits per heavy atom. The van der Waals surface area contributed by atoms with E-state index in [2.05, 4.69) is 11.5 Å². The molecule has 50 heavy (non-hydrogen) atoms. The number of carboxylic acid groups (broad SMARTS) is 1. The fraction of sp³-hybridized carbons (Fsp3) is 0.308. The van der Waals surface area contributed by atoms with Crippen LogP contribution in [0.4, 0.5) is 5.69 Å². The molecule has 1 N–H and O–H groups in total. The normalized spacial score (nSPS) is 14.6. The molecule has 0 radical (unpaired) electrons. The van der Waals surface area contributed by atoms with Crippen LogP contribution >= 0.6 is 23.2 Å². The quantitative estimate of drug-likeness (QED) is 0.159. The topological polar surface area (TPSA) is 94.5 Å². The van der Waals surface area contributed by atoms with Crippen molar-refractivity contribution in [1.29, 1.82) is 0 Å². The predicted molar refractivity (Wildman–Crippen MR) is 200 cm³/mol. The van der Waals surface area contributed by atoms with Gasteiger partial charge in [0.25, 0.3) is 5.91 Å². The van der Waals surface area contributed by atoms with Crippen molar-refractivity contribution in [3.63, 3.8) is 0 Å². The van der Waals surface area contributed by atoms with Gasteiger partial charge < -0.3 is 23.9 Å². The molecule has 0 aliphatic carbocycles. The van der Waals surface area contributed by atoms with Gasteiger partial charge in [-0.2, -0.15) is 5.10 Å². The maximum absolute atomic E-state index is 15.0. The molecule has 3 aromatic carbocycles. The van der Waals surface area contributed by atoms with Gasteiger partial charge in [0.05, 0.1) is 39.6 Å². The maximum atomic E-state index is 15.0. The largest absolute Gasteiger partial charge is 0.494 e. The summed E-state index contributed by atoms with van der Waals surface area (Å²) >= 11 is 13.5. The van der Waals surface area contributed by atoms with Gasteiger partial charge in [0, 0.05) is 65.5 Å². The first-order valence-corrected chi connectivity index (χ1v) is 17.4. The highest BCUT2D eigenvalue weighted by atomic mass is 35.5. The first-order chi connectivity index (χ1) is 23.8. The summed E-state index contributed by atoms with van der Waals surface area (Å²) in [5.41, 5.74) is 9.41. The van der Waals surface area contributed by atoms with E-state index in [0.29, 0.717) is 47.8 Å². The number of carbonyl (C=O) groups is 2. The van der Waals surface area contributed by atoms with E-state index in [1.54, 1.807) is 15.7 Å². The molecule has 3 aromatic heterocycles. The summed E-state index contributed by atoms with van der Waals surface area (Å²) in [6.07, 6.45) is 2.82. The third-order valence-corrected chi connectivity index (χ3v) is 11.0. The fourth-order valence-corrected chi connectivity index (χ4v) is 8.11. The Kier molecular flexibility index (Phi) is 8.47. The van der Waals surface area contributed by atoms with Crippen molar-refractivity contribution in [3.8, 4) is 16.9 Å². The number of aromatic nitrogens is 4. The lowest BCUT2D eigenvalue weighted by Crippen LogP contribution is -2.42. The van der Waals surface area contributed by atoms with Crippen LogP contribution in [0.5, 0.6) is 5.75 Å². The highest BCUT2D eigenvalue weighted by molar-refractivity contribution is 6.35. The molecular weight excluding hydrogens is 673 g/mol. The second-order valence-corrected chi connectivity index (χ2v) is 14.2. The summed E-state index contributed by atoms with van der Waals surface area (Å²) in [7, 11) is 3.74. The number of benzene rings is 3. The second kappa shape index (κ2) is 12.5. The molecule has 7 rings (SSSR count). The number of aryl methyl sites for hydroxylation is 6. The van der Waals surface area contributed by atoms with Crippen LogP contribution in [0, 0.1) is 27.7 Å². The van der Waals surface area contributed by atoms with Gasteiger partial charge in [-0.05, 0) is 94.5 Å². The molecule has 11 heteroatoms. The van der Waals surface area contributed by atoms with Crippen LogP contribution in [-0.2, 0) is 20.5 Å². The van der Waals surface area contributed by atoms with Crippen LogP contribution in [0.3, 0.4) is 0 Å². The van der Waals surface area contributed by atoms with E-state index >= 15 is 0 Å². The maximum Gasteiger partial charge on any atom is 0.337 e. The minimum absolute atomic E-state index is 0.159. The molecule has 0 saturated heterocycles. The Hall–Kier alpha value is -4.73. The molecule has 9 nitrogen and oxygen atoms in total. The number of fused-ring (bicyclic) bond motifs is 4. The number of anilines is 1. The number of nitrogens with zero attached hydrogens (tertiary/aromatic N) is 5. The van der Waals surface area contributed by atoms with Crippen LogP contribution in [-0.4, -0.2) is 49.0 Å². The number of amides is 1. The Morgan fingerprint density at radius 3 is 2.42 bits per heavy atom. The average Bonchev–Trinajstić information content (AvgIpc) is 3.68. The summed E-state index contributed by atoms with van der Waals surface area (Å²) in [5.74, 6) is -0.470. The molecule has 1 aliphatic heterocycles. The van der Waals surface area contributed by atoms with Gasteiger partial charge in [-0.15, -0.1) is 0 Å². The lowest BCUT2D eigenvalue weighted by Gasteiger charge is -2.35. The summed E-state index contributed by atoms with van der Waals surface area (Å²) in [6, 6.07) is 13.2. The number of hydrogen-bond acceptors (Lipinski definition) is 4. The average molecular weight is 713 g/mol. The van der Waals surface area contributed by atoms with Crippen molar-refractivity contribution >= 4 is 62.6 Å². The lowest BCUT2D eigenvalue weighted by atomic mass is 9.98. The van der Waals surface area contributed by atoms with Crippen molar-refractivity contribution in [2.75, 3.05) is 18.1 Å². The minimum atomic E-state index is -1.04. The second-order valence-electron chi connectivity index (χ2n) is 13.4. The van der Waals surface area contributed by atoms with Crippen molar-refractivity contribution in [3.05, 3.63) is 98.0 Å². The summed E-state index contributed by atoms with van der Waals surface area (Å²) in [5, 5.41) is 17.6. The molecule has 1 atom stereocenters. The van der Waals surface area contributed by atoms with Gasteiger partial charge in [0.2, 0.25) is 0 Å². The predicted octanol–water partition coefficient (Wildman–Crippen LogP) is 9.01. The van der Waals surface area contributed by atoms with Gasteiger partial charge in [-0.1, -0.05) is 35.3 Å². The minimum Gasteiger partial charge on any atom is -0.494 e. The van der Waals surface area contributed by atoms with E-state index in [0.717, 1.165) is 66.4 Å². The Balaban J connectivity index is 1.39. The monoisotopic (exact) mass is 711 g/mol. The molecule has 0 saturated carbocycles. The number of carboxylic acids is 1. The van der Waals surface area contributed by atoms with Crippen molar-refractivity contribution in [2.45, 2.75) is 53.5 Å². The molecule has 258 valence electrons. The lowest BCUT2D eigenvalue weighted by molar-refractivity contribution is 0.0698. The highest BCUT2D eigenvalue weighted by Crippen LogP contribution is 2.46. The Labute approximate surface area is 300 Å². The Bertz CT molecular complexity index is 2360. The van der Waals surface area contributed by atoms with Crippen LogP contribution in [0.1, 0.15) is 68.3 Å². The first kappa shape index (κ1) is 33.8. The van der Waals surface area contributed by atoms with Crippen LogP contribution in [0.15, 0.2) is 48.7 Å².